The van der Waals surface area contributed by atoms with Crippen LogP contribution in [0, 0.1) is 5.92 Å². The minimum Gasteiger partial charge on any atom is -0.376 e. The maximum Gasteiger partial charge on any atom is 0.242 e. The zero-order valence-corrected chi connectivity index (χ0v) is 16.7. The molecule has 0 radical (unpaired) electrons. The Morgan fingerprint density at radius 2 is 1.76 bits per heavy atom. The third kappa shape index (κ3) is 5.07. The van der Waals surface area contributed by atoms with Crippen LogP contribution in [0.15, 0.2) is 23.1 Å². The Labute approximate surface area is 156 Å². The van der Waals surface area contributed by atoms with Gasteiger partial charge >= 0.3 is 0 Å². The molecule has 142 valence electrons. The highest BCUT2D eigenvalue weighted by molar-refractivity contribution is 7.89. The van der Waals surface area contributed by atoms with E-state index in [-0.39, 0.29) is 29.1 Å². The van der Waals surface area contributed by atoms with Gasteiger partial charge < -0.3 is 15.5 Å². The Kier molecular flexibility index (Phi) is 7.67. The molecule has 0 bridgehead atoms. The second-order valence-electron chi connectivity index (χ2n) is 6.37. The van der Waals surface area contributed by atoms with E-state index >= 15 is 0 Å². The van der Waals surface area contributed by atoms with Gasteiger partial charge in [-0.3, -0.25) is 4.79 Å². The van der Waals surface area contributed by atoms with Crippen LogP contribution < -0.4 is 15.5 Å². The summed E-state index contributed by atoms with van der Waals surface area (Å²) in [6.45, 7) is 1.65. The van der Waals surface area contributed by atoms with E-state index in [0.29, 0.717) is 5.69 Å². The molecule has 2 N–H and O–H groups in total. The molecule has 1 aliphatic heterocycles. The highest BCUT2D eigenvalue weighted by Crippen LogP contribution is 2.29. The summed E-state index contributed by atoms with van der Waals surface area (Å²) in [6.07, 6.45) is 1.58. The molecule has 0 spiro atoms. The van der Waals surface area contributed by atoms with E-state index in [1.54, 1.807) is 12.1 Å². The summed E-state index contributed by atoms with van der Waals surface area (Å²) in [6, 6.07) is 4.81. The van der Waals surface area contributed by atoms with Crippen molar-refractivity contribution in [2.75, 3.05) is 51.5 Å². The van der Waals surface area contributed by atoms with Crippen LogP contribution in [0.2, 0.25) is 0 Å². The van der Waals surface area contributed by atoms with Gasteiger partial charge in [-0.1, -0.05) is 0 Å². The van der Waals surface area contributed by atoms with Crippen LogP contribution in [-0.4, -0.2) is 59.9 Å². The number of nitrogens with one attached hydrogen (secondary N) is 2. The highest BCUT2D eigenvalue weighted by atomic mass is 35.5. The molecule has 1 heterocycles. The van der Waals surface area contributed by atoms with Crippen molar-refractivity contribution in [2.45, 2.75) is 17.7 Å². The summed E-state index contributed by atoms with van der Waals surface area (Å²) in [7, 11) is 3.14. The molecule has 0 aromatic heterocycles. The van der Waals surface area contributed by atoms with E-state index < -0.39 is 10.0 Å². The van der Waals surface area contributed by atoms with Crippen molar-refractivity contribution < 1.29 is 13.2 Å². The van der Waals surface area contributed by atoms with Crippen molar-refractivity contribution in [1.29, 1.82) is 0 Å². The fraction of sp³-hybridized carbons (Fsp3) is 0.562. The van der Waals surface area contributed by atoms with Gasteiger partial charge in [-0.15, -0.1) is 12.4 Å². The Morgan fingerprint density at radius 1 is 1.16 bits per heavy atom. The topological polar surface area (TPSA) is 81.8 Å². The summed E-state index contributed by atoms with van der Waals surface area (Å²) >= 11 is 0. The van der Waals surface area contributed by atoms with Crippen LogP contribution in [0.4, 0.5) is 11.4 Å². The van der Waals surface area contributed by atoms with Gasteiger partial charge in [0, 0.05) is 34.1 Å². The van der Waals surface area contributed by atoms with Gasteiger partial charge in [0.15, 0.2) is 0 Å². The predicted molar refractivity (Wildman–Crippen MR) is 103 cm³/mol. The van der Waals surface area contributed by atoms with Gasteiger partial charge in [0.05, 0.1) is 16.3 Å². The number of nitrogens with zero attached hydrogens (tertiary/aromatic N) is 2. The summed E-state index contributed by atoms with van der Waals surface area (Å²) in [5.41, 5.74) is 1.29. The molecule has 7 nitrogen and oxygen atoms in total. The van der Waals surface area contributed by atoms with E-state index in [1.807, 2.05) is 19.0 Å². The Morgan fingerprint density at radius 3 is 2.28 bits per heavy atom. The fourth-order valence-electron chi connectivity index (χ4n) is 2.70. The quantitative estimate of drug-likeness (QED) is 0.793. The average molecular weight is 391 g/mol. The summed E-state index contributed by atoms with van der Waals surface area (Å²) < 4.78 is 25.9. The van der Waals surface area contributed by atoms with Gasteiger partial charge in [-0.05, 0) is 44.1 Å². The van der Waals surface area contributed by atoms with Crippen LogP contribution in [0.1, 0.15) is 12.8 Å². The normalized spacial score (nSPS) is 15.6. The lowest BCUT2D eigenvalue weighted by atomic mass is 9.97. The van der Waals surface area contributed by atoms with E-state index in [9.17, 15) is 13.2 Å². The van der Waals surface area contributed by atoms with Crippen molar-refractivity contribution in [2.24, 2.45) is 5.92 Å². The first kappa shape index (κ1) is 21.7. The highest BCUT2D eigenvalue weighted by Gasteiger charge is 2.24. The number of carbonyl (C=O) groups is 1. The molecule has 0 saturated carbocycles. The molecule has 1 aliphatic rings. The number of amides is 1. The van der Waals surface area contributed by atoms with Crippen molar-refractivity contribution in [3.8, 4) is 0 Å². The van der Waals surface area contributed by atoms with Gasteiger partial charge in [-0.25, -0.2) is 12.7 Å². The van der Waals surface area contributed by atoms with Crippen molar-refractivity contribution in [3.05, 3.63) is 18.2 Å². The smallest absolute Gasteiger partial charge is 0.242 e. The monoisotopic (exact) mass is 390 g/mol. The molecule has 2 rings (SSSR count). The zero-order valence-electron chi connectivity index (χ0n) is 15.1. The third-order valence-corrected chi connectivity index (χ3v) is 6.01. The van der Waals surface area contributed by atoms with E-state index in [4.69, 9.17) is 0 Å². The summed E-state index contributed by atoms with van der Waals surface area (Å²) in [4.78, 5) is 14.5. The molecule has 1 fully saturated rings. The van der Waals surface area contributed by atoms with Crippen LogP contribution in [-0.2, 0) is 14.8 Å². The number of benzene rings is 1. The first-order valence-electron chi connectivity index (χ1n) is 7.99. The average Bonchev–Trinajstić information content (AvgIpc) is 2.55. The minimum absolute atomic E-state index is 0. The minimum atomic E-state index is -3.55. The SMILES string of the molecule is CN(C)c1ccc(S(=O)(=O)N(C)C)cc1NC(=O)C1CCNCC1.Cl. The largest absolute Gasteiger partial charge is 0.376 e. The molecule has 1 amide bonds. The van der Waals surface area contributed by atoms with Crippen LogP contribution in [0.5, 0.6) is 0 Å². The molecule has 9 heteroatoms. The van der Waals surface area contributed by atoms with Gasteiger partial charge in [0.25, 0.3) is 0 Å². The van der Waals surface area contributed by atoms with Crippen molar-refractivity contribution in [1.82, 2.24) is 9.62 Å². The predicted octanol–water partition coefficient (Wildman–Crippen LogP) is 1.36. The molecule has 1 aromatic carbocycles. The zero-order chi connectivity index (χ0) is 17.9. The molecular weight excluding hydrogens is 364 g/mol. The number of hydrogen-bond donors (Lipinski definition) is 2. The number of rotatable bonds is 5. The van der Waals surface area contributed by atoms with Crippen molar-refractivity contribution >= 4 is 39.7 Å². The Balaban J connectivity index is 0.00000312. The van der Waals surface area contributed by atoms with E-state index in [1.165, 1.54) is 20.2 Å². The molecule has 1 saturated heterocycles. The number of carbonyl (C=O) groups excluding carboxylic acids is 1. The van der Waals surface area contributed by atoms with E-state index in [0.717, 1.165) is 35.9 Å². The van der Waals surface area contributed by atoms with Gasteiger partial charge in [0.2, 0.25) is 15.9 Å². The molecule has 0 aliphatic carbocycles. The molecular formula is C16H27ClN4O3S. The number of sulfonamides is 1. The standard InChI is InChI=1S/C16H26N4O3S.ClH/c1-19(2)15-6-5-13(24(22,23)20(3)4)11-14(15)18-16(21)12-7-9-17-10-8-12;/h5-6,11-12,17H,7-10H2,1-4H3,(H,18,21);1H. The number of halogens is 1. The summed E-state index contributed by atoms with van der Waals surface area (Å²) in [5, 5.41) is 6.15. The Hall–Kier alpha value is -1.35. The van der Waals surface area contributed by atoms with Gasteiger partial charge in [0.1, 0.15) is 0 Å². The van der Waals surface area contributed by atoms with Crippen LogP contribution in [0.3, 0.4) is 0 Å². The number of piperidine rings is 1. The van der Waals surface area contributed by atoms with Crippen LogP contribution in [0.25, 0.3) is 0 Å². The van der Waals surface area contributed by atoms with Gasteiger partial charge in [-0.2, -0.15) is 0 Å². The van der Waals surface area contributed by atoms with E-state index in [2.05, 4.69) is 10.6 Å². The first-order valence-corrected chi connectivity index (χ1v) is 9.43. The lowest BCUT2D eigenvalue weighted by Crippen LogP contribution is -2.35. The number of hydrogen-bond acceptors (Lipinski definition) is 5. The fourth-order valence-corrected chi connectivity index (χ4v) is 3.62. The van der Waals surface area contributed by atoms with Crippen molar-refractivity contribution in [3.63, 3.8) is 0 Å². The first-order chi connectivity index (χ1) is 11.2. The number of anilines is 2. The second kappa shape index (κ2) is 8.84. The third-order valence-electron chi connectivity index (χ3n) is 4.20. The lowest BCUT2D eigenvalue weighted by Gasteiger charge is -2.24. The lowest BCUT2D eigenvalue weighted by molar-refractivity contribution is -0.120. The maximum absolute atomic E-state index is 12.5. The van der Waals surface area contributed by atoms with Crippen LogP contribution >= 0.6 is 12.4 Å². The molecule has 1 aromatic rings. The summed E-state index contributed by atoms with van der Waals surface area (Å²) in [5.74, 6) is -0.102. The molecule has 0 unspecified atom stereocenters. The second-order valence-corrected chi connectivity index (χ2v) is 8.53. The molecule has 25 heavy (non-hydrogen) atoms. The molecule has 0 atom stereocenters. The maximum atomic E-state index is 12.5. The Bertz CT molecular complexity index is 701.